The van der Waals surface area contributed by atoms with Crippen molar-refractivity contribution < 1.29 is 32.4 Å². The molecule has 168 valence electrons. The van der Waals surface area contributed by atoms with Crippen molar-refractivity contribution >= 4 is 17.9 Å². The molecular weight excluding hydrogens is 413 g/mol. The van der Waals surface area contributed by atoms with E-state index < -0.39 is 23.6 Å². The molecule has 0 fully saturated rings. The van der Waals surface area contributed by atoms with Crippen LogP contribution in [0.15, 0.2) is 51.8 Å². The second-order valence-corrected chi connectivity index (χ2v) is 7.15. The highest BCUT2D eigenvalue weighted by molar-refractivity contribution is 6.37. The normalized spacial score (nSPS) is 19.7. The quantitative estimate of drug-likeness (QED) is 0.352. The number of rotatable bonds is 7. The maximum absolute atomic E-state index is 13.3. The molecule has 0 heterocycles. The first-order chi connectivity index (χ1) is 14.6. The number of halogens is 3. The number of methoxy groups -OCH3 is 1. The molecule has 0 saturated heterocycles. The Morgan fingerprint density at radius 2 is 1.94 bits per heavy atom. The number of hydrogen-bond acceptors (Lipinski definition) is 6. The Labute approximate surface area is 179 Å². The Morgan fingerprint density at radius 1 is 1.23 bits per heavy atom. The number of oxime groups is 2. The van der Waals surface area contributed by atoms with E-state index in [9.17, 15) is 18.0 Å². The second-order valence-electron chi connectivity index (χ2n) is 7.15. The van der Waals surface area contributed by atoms with Crippen LogP contribution in [0.5, 0.6) is 0 Å². The van der Waals surface area contributed by atoms with Crippen molar-refractivity contribution in [3.05, 3.63) is 58.2 Å². The molecule has 6 nitrogen and oxygen atoms in total. The van der Waals surface area contributed by atoms with Crippen LogP contribution < -0.4 is 0 Å². The molecule has 2 unspecified atom stereocenters. The first-order valence-electron chi connectivity index (χ1n) is 9.50. The van der Waals surface area contributed by atoms with E-state index in [1.807, 2.05) is 26.0 Å². The molecule has 0 amide bonds. The molecule has 1 aromatic carbocycles. The van der Waals surface area contributed by atoms with Gasteiger partial charge in [-0.25, -0.2) is 4.79 Å². The Kier molecular flexibility index (Phi) is 8.01. The minimum Gasteiger partial charge on any atom is -0.464 e. The lowest BCUT2D eigenvalue weighted by Crippen LogP contribution is -2.34. The molecule has 0 N–H and O–H groups in total. The molecule has 0 radical (unpaired) electrons. The zero-order chi connectivity index (χ0) is 23.2. The highest BCUT2D eigenvalue weighted by Gasteiger charge is 2.35. The summed E-state index contributed by atoms with van der Waals surface area (Å²) in [5.74, 6) is -1.25. The number of carbonyl (C=O) groups excluding carboxylic acids is 1. The first kappa shape index (κ1) is 24.2. The van der Waals surface area contributed by atoms with E-state index in [-0.39, 0.29) is 23.8 Å². The Morgan fingerprint density at radius 3 is 2.55 bits per heavy atom. The number of allylic oxidation sites excluding steroid dienone is 3. The fourth-order valence-corrected chi connectivity index (χ4v) is 3.35. The summed E-state index contributed by atoms with van der Waals surface area (Å²) in [5.41, 5.74) is 1.20. The van der Waals surface area contributed by atoms with Gasteiger partial charge in [0.2, 0.25) is 0 Å². The lowest BCUT2D eigenvalue weighted by atomic mass is 9.77. The van der Waals surface area contributed by atoms with Gasteiger partial charge in [0.1, 0.15) is 13.7 Å². The van der Waals surface area contributed by atoms with Gasteiger partial charge in [-0.1, -0.05) is 47.1 Å². The molecule has 0 aromatic heterocycles. The highest BCUT2D eigenvalue weighted by Crippen LogP contribution is 2.33. The van der Waals surface area contributed by atoms with Crippen molar-refractivity contribution in [2.45, 2.75) is 26.9 Å². The van der Waals surface area contributed by atoms with Gasteiger partial charge in [-0.3, -0.25) is 0 Å². The summed E-state index contributed by atoms with van der Waals surface area (Å²) in [7, 11) is 2.57. The topological polar surface area (TPSA) is 69.5 Å². The maximum Gasteiger partial charge on any atom is 0.417 e. The van der Waals surface area contributed by atoms with Crippen LogP contribution >= 0.6 is 0 Å². The molecule has 31 heavy (non-hydrogen) atoms. The van der Waals surface area contributed by atoms with Crippen molar-refractivity contribution in [1.82, 2.24) is 0 Å². The van der Waals surface area contributed by atoms with Crippen LogP contribution in [0.4, 0.5) is 13.2 Å². The molecular formula is C22H25F3N2O4. The smallest absolute Gasteiger partial charge is 0.417 e. The number of carbonyl (C=O) groups is 1. The zero-order valence-electron chi connectivity index (χ0n) is 18.0. The molecule has 0 aliphatic heterocycles. The first-order valence-corrected chi connectivity index (χ1v) is 9.50. The highest BCUT2D eigenvalue weighted by atomic mass is 19.4. The van der Waals surface area contributed by atoms with E-state index in [0.717, 1.165) is 17.9 Å². The van der Waals surface area contributed by atoms with E-state index in [1.54, 1.807) is 13.0 Å². The molecule has 0 bridgehead atoms. The van der Waals surface area contributed by atoms with Gasteiger partial charge in [-0.15, -0.1) is 0 Å². The summed E-state index contributed by atoms with van der Waals surface area (Å²) in [6, 6.07) is 3.96. The Bertz CT molecular complexity index is 933. The number of ether oxygens (including phenoxy) is 1. The maximum atomic E-state index is 13.3. The van der Waals surface area contributed by atoms with E-state index in [0.29, 0.717) is 11.1 Å². The number of hydrogen-bond donors (Lipinski definition) is 0. The Hall–Kier alpha value is -3.10. The van der Waals surface area contributed by atoms with Gasteiger partial charge < -0.3 is 14.4 Å². The predicted molar refractivity (Wildman–Crippen MR) is 111 cm³/mol. The number of esters is 1. The summed E-state index contributed by atoms with van der Waals surface area (Å²) in [5, 5.41) is 7.56. The minimum absolute atomic E-state index is 0.0470. The zero-order valence-corrected chi connectivity index (χ0v) is 18.0. The van der Waals surface area contributed by atoms with Crippen LogP contribution in [0.1, 0.15) is 30.5 Å². The summed E-state index contributed by atoms with van der Waals surface area (Å²) < 4.78 is 44.6. The van der Waals surface area contributed by atoms with Crippen molar-refractivity contribution in [2.24, 2.45) is 22.1 Å². The predicted octanol–water partition coefficient (Wildman–Crippen LogP) is 4.68. The van der Waals surface area contributed by atoms with Gasteiger partial charge in [0.05, 0.1) is 18.9 Å². The molecule has 1 aliphatic rings. The third-order valence-electron chi connectivity index (χ3n) is 4.94. The van der Waals surface area contributed by atoms with Crippen LogP contribution in [-0.2, 0) is 25.4 Å². The fourth-order valence-electron chi connectivity index (χ4n) is 3.35. The van der Waals surface area contributed by atoms with Crippen LogP contribution in [0, 0.1) is 18.8 Å². The third-order valence-corrected chi connectivity index (χ3v) is 4.94. The minimum atomic E-state index is -4.51. The van der Waals surface area contributed by atoms with Crippen LogP contribution in [0.25, 0.3) is 0 Å². The Balaban J connectivity index is 2.26. The van der Waals surface area contributed by atoms with Crippen molar-refractivity contribution in [1.29, 1.82) is 0 Å². The summed E-state index contributed by atoms with van der Waals surface area (Å²) in [6.45, 7) is 5.27. The average molecular weight is 438 g/mol. The second kappa shape index (κ2) is 10.3. The van der Waals surface area contributed by atoms with Gasteiger partial charge in [0.25, 0.3) is 0 Å². The number of alkyl halides is 3. The summed E-state index contributed by atoms with van der Waals surface area (Å²) in [4.78, 5) is 22.4. The fraction of sp³-hybridized carbons (Fsp3) is 0.409. The van der Waals surface area contributed by atoms with E-state index >= 15 is 0 Å². The van der Waals surface area contributed by atoms with E-state index in [2.05, 4.69) is 10.3 Å². The SMILES string of the molecule is CO/N=C(/C(=O)OC)C1C(CO/N=C/c2ccc(C)cc2C(F)(F)F)=C(C)C=CC1C. The van der Waals surface area contributed by atoms with Gasteiger partial charge in [-0.05, 0) is 37.0 Å². The number of nitrogens with zero attached hydrogens (tertiary/aromatic N) is 2. The number of aryl methyl sites for hydroxylation is 1. The molecule has 0 spiro atoms. The number of benzene rings is 1. The lowest BCUT2D eigenvalue weighted by molar-refractivity contribution is -0.137. The lowest BCUT2D eigenvalue weighted by Gasteiger charge is -2.28. The van der Waals surface area contributed by atoms with Gasteiger partial charge in [0.15, 0.2) is 5.71 Å². The van der Waals surface area contributed by atoms with Crippen LogP contribution in [-0.4, -0.2) is 38.7 Å². The molecule has 1 aromatic rings. The third kappa shape index (κ3) is 5.96. The van der Waals surface area contributed by atoms with Gasteiger partial charge in [0, 0.05) is 11.5 Å². The van der Waals surface area contributed by atoms with Crippen molar-refractivity contribution in [3.8, 4) is 0 Å². The van der Waals surface area contributed by atoms with Crippen molar-refractivity contribution in [2.75, 3.05) is 20.8 Å². The van der Waals surface area contributed by atoms with E-state index in [1.165, 1.54) is 20.3 Å². The van der Waals surface area contributed by atoms with Crippen LogP contribution in [0.3, 0.4) is 0 Å². The van der Waals surface area contributed by atoms with Crippen molar-refractivity contribution in [3.63, 3.8) is 0 Å². The average Bonchev–Trinajstić information content (AvgIpc) is 2.71. The summed E-state index contributed by atoms with van der Waals surface area (Å²) in [6.07, 6.45) is 0.322. The monoisotopic (exact) mass is 438 g/mol. The molecule has 0 saturated carbocycles. The largest absolute Gasteiger partial charge is 0.464 e. The van der Waals surface area contributed by atoms with E-state index in [4.69, 9.17) is 14.4 Å². The molecule has 2 rings (SSSR count). The molecule has 2 atom stereocenters. The van der Waals surface area contributed by atoms with Gasteiger partial charge in [-0.2, -0.15) is 13.2 Å². The molecule has 9 heteroatoms. The van der Waals surface area contributed by atoms with Gasteiger partial charge >= 0.3 is 12.1 Å². The molecule has 1 aliphatic carbocycles. The summed E-state index contributed by atoms with van der Waals surface area (Å²) >= 11 is 0. The van der Waals surface area contributed by atoms with Crippen LogP contribution in [0.2, 0.25) is 0 Å². The standard InChI is InChI=1S/C22H25F3N2O4/c1-13-6-9-16(18(10-13)22(23,24)25)11-26-31-12-17-14(2)7-8-15(3)19(17)20(27-30-5)21(28)29-4/h6-11,15,19H,12H2,1-5H3/b26-11+,27-20+.